The first kappa shape index (κ1) is 63.1. The third-order valence-electron chi connectivity index (χ3n) is 16.1. The highest BCUT2D eigenvalue weighted by Gasteiger charge is 2.82. The first-order chi connectivity index (χ1) is 42.6. The lowest BCUT2D eigenvalue weighted by Crippen LogP contribution is -2.48. The Bertz CT molecular complexity index is 4860. The van der Waals surface area contributed by atoms with Gasteiger partial charge >= 0.3 is 35.5 Å². The molecule has 14 rings (SSSR count). The van der Waals surface area contributed by atoms with E-state index >= 15 is 52.7 Å². The molecule has 0 amide bonds. The first-order valence-electron chi connectivity index (χ1n) is 28.2. The molecule has 0 fully saturated rings. The van der Waals surface area contributed by atoms with E-state index in [4.69, 9.17) is 9.47 Å². The maximum Gasteiger partial charge on any atom is 0.380 e. The van der Waals surface area contributed by atoms with Gasteiger partial charge in [0.25, 0.3) is 0 Å². The summed E-state index contributed by atoms with van der Waals surface area (Å²) in [7, 11) is 0. The van der Waals surface area contributed by atoms with Crippen molar-refractivity contribution < 1.29 is 62.2 Å². The second-order valence-corrected chi connectivity index (χ2v) is 35.7. The summed E-state index contributed by atoms with van der Waals surface area (Å²) >= 11 is 16.0. The van der Waals surface area contributed by atoms with E-state index in [0.29, 0.717) is 39.4 Å². The highest BCUT2D eigenvalue weighted by molar-refractivity contribution is 7.41. The minimum Gasteiger partial charge on any atom is -0.480 e. The smallest absolute Gasteiger partial charge is 0.380 e. The SMILES string of the molecule is CCCCc1ccc(-c2cc(C3=C(c4cc(-c5ccc(OCCOc6cc7sc8cc(-c9cc(C%10=C(c%11cc(-c%12cc%13sc%14cc(CCCC)sc%14c%13s%12)sc%11C)C(F)(F)C(F)(F)C%10(F)F)c(C)s9)sc8c7s6)s5)sc4C)C(F)(F)C(F)(F)C3(F)F)c(C)s2)s1. The maximum absolute atomic E-state index is 16.3. The van der Waals surface area contributed by atoms with E-state index in [-0.39, 0.29) is 55.0 Å². The summed E-state index contributed by atoms with van der Waals surface area (Å²) < 4.78 is 212. The van der Waals surface area contributed by atoms with Crippen molar-refractivity contribution in [1.82, 2.24) is 0 Å². The van der Waals surface area contributed by atoms with E-state index in [1.54, 1.807) is 34.8 Å². The largest absolute Gasteiger partial charge is 0.480 e. The second-order valence-electron chi connectivity index (χ2n) is 22.0. The van der Waals surface area contributed by atoms with Gasteiger partial charge in [-0.2, -0.15) is 52.7 Å². The van der Waals surface area contributed by atoms with Gasteiger partial charge in [0.1, 0.15) is 13.2 Å². The average molecular weight is 1460 g/mol. The minimum absolute atomic E-state index is 0.0767. The first-order valence-corrected chi connectivity index (χ1v) is 38.0. The number of ether oxygens (including phenoxy) is 2. The Balaban J connectivity index is 0.678. The van der Waals surface area contributed by atoms with Crippen LogP contribution in [-0.2, 0) is 12.8 Å². The summed E-state index contributed by atoms with van der Waals surface area (Å²) in [5.41, 5.74) is -6.88. The molecule has 0 aromatic carbocycles. The van der Waals surface area contributed by atoms with Crippen LogP contribution in [0, 0.1) is 27.7 Å². The fourth-order valence-electron chi connectivity index (χ4n) is 11.6. The highest BCUT2D eigenvalue weighted by atomic mass is 32.1. The Morgan fingerprint density at radius 2 is 0.678 bits per heavy atom. The van der Waals surface area contributed by atoms with Crippen molar-refractivity contribution in [3.8, 4) is 49.1 Å². The molecule has 470 valence electrons. The highest BCUT2D eigenvalue weighted by Crippen LogP contribution is 2.69. The van der Waals surface area contributed by atoms with Gasteiger partial charge in [-0.25, -0.2) is 0 Å². The van der Waals surface area contributed by atoms with Gasteiger partial charge < -0.3 is 9.47 Å². The summed E-state index contributed by atoms with van der Waals surface area (Å²) in [6, 6.07) is 20.3. The van der Waals surface area contributed by atoms with Gasteiger partial charge in [0.2, 0.25) is 0 Å². The maximum atomic E-state index is 16.3. The molecule has 0 bridgehead atoms. The number of hydrogen-bond donors (Lipinski definition) is 0. The molecule has 90 heavy (non-hydrogen) atoms. The summed E-state index contributed by atoms with van der Waals surface area (Å²) in [4.78, 5) is 7.74. The van der Waals surface area contributed by atoms with Crippen LogP contribution in [0.4, 0.5) is 52.7 Å². The van der Waals surface area contributed by atoms with E-state index in [1.165, 1.54) is 118 Å². The number of thiophene rings is 12. The average Bonchev–Trinajstić information content (AvgIpc) is 1.54. The summed E-state index contributed by atoms with van der Waals surface area (Å²) in [5.74, 6) is -32.2. The molecule has 2 aliphatic carbocycles. The number of fused-ring (bicyclic) bond motifs is 6. The number of allylic oxidation sites excluding steroid dienone is 4. The molecule has 0 N–H and O–H groups in total. The van der Waals surface area contributed by atoms with Gasteiger partial charge in [-0.05, 0) is 142 Å². The van der Waals surface area contributed by atoms with E-state index in [2.05, 4.69) is 19.9 Å². The predicted molar refractivity (Wildman–Crippen MR) is 363 cm³/mol. The molecule has 0 atom stereocenters. The lowest BCUT2D eigenvalue weighted by atomic mass is 9.95. The summed E-state index contributed by atoms with van der Waals surface area (Å²) in [5, 5.41) is 0.994. The van der Waals surface area contributed by atoms with Crippen LogP contribution in [0.1, 0.15) is 91.0 Å². The minimum atomic E-state index is -5.71. The van der Waals surface area contributed by atoms with Crippen molar-refractivity contribution in [2.75, 3.05) is 13.2 Å². The number of unbranched alkanes of at least 4 members (excludes halogenated alkanes) is 2. The van der Waals surface area contributed by atoms with E-state index in [0.717, 1.165) is 143 Å². The van der Waals surface area contributed by atoms with Crippen molar-refractivity contribution in [1.29, 1.82) is 0 Å². The van der Waals surface area contributed by atoms with Crippen LogP contribution in [0.25, 0.3) is 98.9 Å². The quantitative estimate of drug-likeness (QED) is 0.0593. The second kappa shape index (κ2) is 22.7. The van der Waals surface area contributed by atoms with Gasteiger partial charge in [-0.15, -0.1) is 113 Å². The lowest BCUT2D eigenvalue weighted by Gasteiger charge is -2.25. The zero-order chi connectivity index (χ0) is 63.5. The van der Waals surface area contributed by atoms with Crippen molar-refractivity contribution in [3.63, 3.8) is 0 Å². The molecule has 0 spiro atoms. The molecule has 0 saturated carbocycles. The van der Waals surface area contributed by atoms with E-state index in [1.807, 2.05) is 30.3 Å². The van der Waals surface area contributed by atoms with Gasteiger partial charge in [-0.3, -0.25) is 0 Å². The summed E-state index contributed by atoms with van der Waals surface area (Å²) in [6.45, 7) is 10.3. The lowest BCUT2D eigenvalue weighted by molar-refractivity contribution is -0.254. The molecular formula is C64H46F12O2S12. The number of aryl methyl sites for hydroxylation is 6. The predicted octanol–water partition coefficient (Wildman–Crippen LogP) is 26.7. The molecule has 12 aromatic rings. The molecule has 2 aliphatic rings. The van der Waals surface area contributed by atoms with E-state index in [9.17, 15) is 0 Å². The number of alkyl halides is 12. The Kier molecular flexibility index (Phi) is 15.9. The third kappa shape index (κ3) is 9.88. The fraction of sp³-hybridized carbons (Fsp3) is 0.312. The van der Waals surface area contributed by atoms with Crippen LogP contribution in [0.5, 0.6) is 10.1 Å². The monoisotopic (exact) mass is 1460 g/mol. The van der Waals surface area contributed by atoms with Crippen LogP contribution in [-0.4, -0.2) is 48.7 Å². The number of halogens is 12. The van der Waals surface area contributed by atoms with Crippen LogP contribution in [0.3, 0.4) is 0 Å². The van der Waals surface area contributed by atoms with Gasteiger partial charge in [-0.1, -0.05) is 49.4 Å². The molecule has 12 aromatic heterocycles. The van der Waals surface area contributed by atoms with Crippen LogP contribution < -0.4 is 9.47 Å². The van der Waals surface area contributed by atoms with Crippen LogP contribution >= 0.6 is 136 Å². The Morgan fingerprint density at radius 1 is 0.322 bits per heavy atom. The zero-order valence-electron chi connectivity index (χ0n) is 47.8. The van der Waals surface area contributed by atoms with Crippen LogP contribution in [0.2, 0.25) is 0 Å². The Morgan fingerprint density at radius 3 is 1.13 bits per heavy atom. The van der Waals surface area contributed by atoms with Crippen molar-refractivity contribution in [2.45, 2.75) is 116 Å². The molecule has 0 radical (unpaired) electrons. The fourth-order valence-corrected chi connectivity index (χ4v) is 25.9. The Hall–Kier alpha value is -4.32. The molecule has 0 aliphatic heterocycles. The van der Waals surface area contributed by atoms with Crippen molar-refractivity contribution >= 4 is 196 Å². The molecule has 0 saturated heterocycles. The topological polar surface area (TPSA) is 18.5 Å². The molecular weight excluding hydrogens is 1410 g/mol. The van der Waals surface area contributed by atoms with Crippen molar-refractivity contribution in [2.24, 2.45) is 0 Å². The van der Waals surface area contributed by atoms with Gasteiger partial charge in [0.15, 0.2) is 10.1 Å². The zero-order valence-corrected chi connectivity index (χ0v) is 57.6. The normalized spacial score (nSPS) is 17.6. The standard InChI is InChI=1S/C64H46F12O2S12/c1-7-9-11-31-13-14-37(83-31)39-20-33(27(3)79-39)51-52(60(67,68)63(73,74)59(51,65)66)34-21-40(80-28(34)4)38-15-16-49(87-38)77-17-18-78-50-26-48-58(90-50)57-47(86-48)25-44(89-57)42-23-36(30(6)82-42)54-53(61(69,70)64(75,76)62(54,71)72)35-22-41(81-29(35)5)43-24-46-56(88-43)55-45(85-46)19-32(84-55)12-10-8-2/h13-16,19-26H,7-12,17-18H2,1-6H3. The Labute approximate surface area is 555 Å². The third-order valence-corrected chi connectivity index (χ3v) is 30.7. The summed E-state index contributed by atoms with van der Waals surface area (Å²) in [6.07, 6.45) is 5.86. The molecule has 2 nitrogen and oxygen atoms in total. The number of hydrogen-bond acceptors (Lipinski definition) is 14. The number of rotatable bonds is 19. The van der Waals surface area contributed by atoms with Crippen LogP contribution in [0.15, 0.2) is 72.8 Å². The van der Waals surface area contributed by atoms with Gasteiger partial charge in [0, 0.05) is 111 Å². The molecule has 12 heterocycles. The van der Waals surface area contributed by atoms with Gasteiger partial charge in [0.05, 0.1) is 23.5 Å². The van der Waals surface area contributed by atoms with E-state index < -0.39 is 57.8 Å². The van der Waals surface area contributed by atoms with Crippen molar-refractivity contribution in [3.05, 3.63) is 124 Å². The molecule has 26 heteroatoms. The molecule has 0 unspecified atom stereocenters.